The number of hydrogen-bond donors (Lipinski definition) is 1. The number of thioether (sulfide) groups is 1. The zero-order valence-corrected chi connectivity index (χ0v) is 16.1. The van der Waals surface area contributed by atoms with Crippen molar-refractivity contribution in [2.75, 3.05) is 11.4 Å². The number of carbonyl (C=O) groups excluding carboxylic acids is 2. The van der Waals surface area contributed by atoms with Gasteiger partial charge in [-0.3, -0.25) is 19.5 Å². The summed E-state index contributed by atoms with van der Waals surface area (Å²) in [5.41, 5.74) is 0.691. The van der Waals surface area contributed by atoms with E-state index >= 15 is 0 Å². The van der Waals surface area contributed by atoms with Gasteiger partial charge in [0.05, 0.1) is 16.6 Å². The van der Waals surface area contributed by atoms with E-state index in [-0.39, 0.29) is 11.8 Å². The first-order valence-electron chi connectivity index (χ1n) is 8.59. The molecule has 2 amide bonds. The summed E-state index contributed by atoms with van der Waals surface area (Å²) in [5.74, 6) is -0.168. The predicted molar refractivity (Wildman–Crippen MR) is 104 cm³/mol. The predicted octanol–water partition coefficient (Wildman–Crippen LogP) is 3.41. The minimum absolute atomic E-state index is 0.0362. The maximum atomic E-state index is 12.2. The Bertz CT molecular complexity index is 720. The molecule has 0 unspecified atom stereocenters. The number of nitrogens with zero attached hydrogens (tertiary/aromatic N) is 3. The van der Waals surface area contributed by atoms with Gasteiger partial charge in [0.25, 0.3) is 5.91 Å². The van der Waals surface area contributed by atoms with Crippen LogP contribution in [0.3, 0.4) is 0 Å². The van der Waals surface area contributed by atoms with E-state index < -0.39 is 0 Å². The van der Waals surface area contributed by atoms with Crippen LogP contribution in [-0.2, 0) is 9.59 Å². The van der Waals surface area contributed by atoms with Crippen molar-refractivity contribution in [3.63, 3.8) is 0 Å². The zero-order chi connectivity index (χ0) is 17.8. The smallest absolute Gasteiger partial charge is 0.264 e. The fourth-order valence-corrected chi connectivity index (χ4v) is 4.72. The topological polar surface area (TPSA) is 74.7 Å². The molecule has 0 atom stereocenters. The molecule has 0 radical (unpaired) electrons. The maximum absolute atomic E-state index is 12.2. The molecule has 0 bridgehead atoms. The van der Waals surface area contributed by atoms with Crippen LogP contribution in [-0.4, -0.2) is 34.6 Å². The third-order valence-electron chi connectivity index (χ3n) is 4.24. The fourth-order valence-electron chi connectivity index (χ4n) is 2.96. The second-order valence-electron chi connectivity index (χ2n) is 6.11. The summed E-state index contributed by atoms with van der Waals surface area (Å²) in [5, 5.41) is 6.05. The first kappa shape index (κ1) is 18.1. The molecule has 2 aliphatic rings. The Morgan fingerprint density at radius 2 is 2.20 bits per heavy atom. The van der Waals surface area contributed by atoms with Gasteiger partial charge in [-0.15, -0.1) is 11.3 Å². The molecule has 1 saturated carbocycles. The molecular formula is C17H22N4O2S2. The summed E-state index contributed by atoms with van der Waals surface area (Å²) in [6.45, 7) is 4.01. The molecule has 1 aliphatic heterocycles. The summed E-state index contributed by atoms with van der Waals surface area (Å²) < 4.78 is 0. The Kier molecular flexibility index (Phi) is 5.90. The minimum Gasteiger partial charge on any atom is -0.301 e. The number of carbonyl (C=O) groups is 2. The number of anilines is 1. The molecule has 1 saturated heterocycles. The van der Waals surface area contributed by atoms with Crippen LogP contribution in [0.15, 0.2) is 15.3 Å². The molecule has 1 aromatic heterocycles. The Morgan fingerprint density at radius 3 is 2.88 bits per heavy atom. The second kappa shape index (κ2) is 8.14. The molecule has 6 nitrogen and oxygen atoms in total. The van der Waals surface area contributed by atoms with Gasteiger partial charge >= 0.3 is 0 Å². The van der Waals surface area contributed by atoms with Crippen molar-refractivity contribution in [3.05, 3.63) is 16.0 Å². The Labute approximate surface area is 155 Å². The molecule has 2 heterocycles. The van der Waals surface area contributed by atoms with Gasteiger partial charge in [0.15, 0.2) is 10.3 Å². The molecule has 1 N–H and O–H groups in total. The van der Waals surface area contributed by atoms with Crippen LogP contribution >= 0.6 is 23.1 Å². The van der Waals surface area contributed by atoms with Gasteiger partial charge in [0.1, 0.15) is 0 Å². The van der Waals surface area contributed by atoms with Crippen molar-refractivity contribution in [3.8, 4) is 0 Å². The number of amides is 2. The SMILES string of the molecule is CCN(C(C)=O)c1nc(/C=C2/SC(=NC3CCCCC3)NC2=O)cs1. The standard InChI is InChI=1S/C17H22N4O2S2/c1-3-21(11(2)22)17-19-13(10-24-17)9-14-15(23)20-16(25-14)18-12-7-5-4-6-8-12/h9-10,12H,3-8H2,1-2H3,(H,18,20,23)/b14-9+. The van der Waals surface area contributed by atoms with Crippen LogP contribution in [0.2, 0.25) is 0 Å². The van der Waals surface area contributed by atoms with Crippen molar-refractivity contribution in [2.45, 2.75) is 52.0 Å². The zero-order valence-electron chi connectivity index (χ0n) is 14.4. The van der Waals surface area contributed by atoms with Crippen molar-refractivity contribution in [1.82, 2.24) is 10.3 Å². The van der Waals surface area contributed by atoms with Crippen molar-refractivity contribution >= 4 is 51.3 Å². The highest BCUT2D eigenvalue weighted by Crippen LogP contribution is 2.30. The number of amidine groups is 1. The van der Waals surface area contributed by atoms with Gasteiger partial charge in [0, 0.05) is 18.8 Å². The quantitative estimate of drug-likeness (QED) is 0.815. The lowest BCUT2D eigenvalue weighted by Crippen LogP contribution is -2.27. The van der Waals surface area contributed by atoms with Gasteiger partial charge in [-0.1, -0.05) is 19.3 Å². The van der Waals surface area contributed by atoms with Gasteiger partial charge in [0.2, 0.25) is 5.91 Å². The van der Waals surface area contributed by atoms with Crippen LogP contribution in [0.25, 0.3) is 6.08 Å². The van der Waals surface area contributed by atoms with Crippen LogP contribution in [0.5, 0.6) is 0 Å². The number of nitrogens with one attached hydrogen (secondary N) is 1. The summed E-state index contributed by atoms with van der Waals surface area (Å²) in [6.07, 6.45) is 7.69. The molecular weight excluding hydrogens is 356 g/mol. The number of aromatic nitrogens is 1. The van der Waals surface area contributed by atoms with E-state index in [9.17, 15) is 9.59 Å². The summed E-state index contributed by atoms with van der Waals surface area (Å²) in [6, 6.07) is 0.329. The highest BCUT2D eigenvalue weighted by Gasteiger charge is 2.25. The average molecular weight is 379 g/mol. The van der Waals surface area contributed by atoms with Gasteiger partial charge in [-0.2, -0.15) is 0 Å². The first-order valence-corrected chi connectivity index (χ1v) is 10.3. The van der Waals surface area contributed by atoms with Gasteiger partial charge in [-0.25, -0.2) is 4.98 Å². The van der Waals surface area contributed by atoms with E-state index in [2.05, 4.69) is 15.3 Å². The third-order valence-corrected chi connectivity index (χ3v) is 6.05. The van der Waals surface area contributed by atoms with Crippen molar-refractivity contribution < 1.29 is 9.59 Å². The van der Waals surface area contributed by atoms with E-state index in [1.807, 2.05) is 12.3 Å². The molecule has 8 heteroatoms. The van der Waals surface area contributed by atoms with Crippen molar-refractivity contribution in [1.29, 1.82) is 0 Å². The maximum Gasteiger partial charge on any atom is 0.264 e. The molecule has 134 valence electrons. The van der Waals surface area contributed by atoms with E-state index in [4.69, 9.17) is 0 Å². The summed E-state index contributed by atoms with van der Waals surface area (Å²) in [7, 11) is 0. The molecule has 25 heavy (non-hydrogen) atoms. The molecule has 0 aromatic carbocycles. The average Bonchev–Trinajstić information content (AvgIpc) is 3.16. The lowest BCUT2D eigenvalue weighted by atomic mass is 9.96. The number of thiazole rings is 1. The Morgan fingerprint density at radius 1 is 1.44 bits per heavy atom. The fraction of sp³-hybridized carbons (Fsp3) is 0.529. The highest BCUT2D eigenvalue weighted by molar-refractivity contribution is 8.18. The number of aliphatic imine (C=N–C) groups is 1. The van der Waals surface area contributed by atoms with Gasteiger partial charge in [-0.05, 0) is 37.6 Å². The van der Waals surface area contributed by atoms with Gasteiger partial charge < -0.3 is 5.32 Å². The number of hydrogen-bond acceptors (Lipinski definition) is 6. The van der Waals surface area contributed by atoms with E-state index in [1.54, 1.807) is 11.0 Å². The first-order chi connectivity index (χ1) is 12.1. The molecule has 1 aromatic rings. The third kappa shape index (κ3) is 4.49. The molecule has 1 aliphatic carbocycles. The monoisotopic (exact) mass is 378 g/mol. The lowest BCUT2D eigenvalue weighted by Gasteiger charge is -2.17. The Balaban J connectivity index is 1.71. The lowest BCUT2D eigenvalue weighted by molar-refractivity contribution is -0.116. The van der Waals surface area contributed by atoms with Crippen LogP contribution in [0, 0.1) is 0 Å². The normalized spacial score (nSPS) is 21.8. The van der Waals surface area contributed by atoms with E-state index in [0.717, 1.165) is 12.8 Å². The second-order valence-corrected chi connectivity index (χ2v) is 7.98. The van der Waals surface area contributed by atoms with E-state index in [0.29, 0.717) is 33.5 Å². The highest BCUT2D eigenvalue weighted by atomic mass is 32.2. The molecule has 0 spiro atoms. The number of rotatable bonds is 4. The molecule has 2 fully saturated rings. The molecule has 3 rings (SSSR count). The largest absolute Gasteiger partial charge is 0.301 e. The van der Waals surface area contributed by atoms with E-state index in [1.165, 1.54) is 49.3 Å². The minimum atomic E-state index is -0.131. The van der Waals surface area contributed by atoms with Crippen LogP contribution < -0.4 is 10.2 Å². The summed E-state index contributed by atoms with van der Waals surface area (Å²) in [4.78, 5) is 35.1. The Hall–Kier alpha value is -1.67. The van der Waals surface area contributed by atoms with Crippen LogP contribution in [0.1, 0.15) is 51.6 Å². The van der Waals surface area contributed by atoms with Crippen molar-refractivity contribution in [2.24, 2.45) is 4.99 Å². The van der Waals surface area contributed by atoms with Crippen LogP contribution in [0.4, 0.5) is 5.13 Å². The summed E-state index contributed by atoms with van der Waals surface area (Å²) >= 11 is 2.77.